The number of amides is 1. The van der Waals surface area contributed by atoms with Gasteiger partial charge in [-0.15, -0.1) is 11.5 Å². The molecule has 1 aromatic heterocycles. The zero-order chi connectivity index (χ0) is 20.9. The fourth-order valence-corrected chi connectivity index (χ4v) is 3.24. The summed E-state index contributed by atoms with van der Waals surface area (Å²) in [5.74, 6) is 2.17. The van der Waals surface area contributed by atoms with Gasteiger partial charge in [0.2, 0.25) is 0 Å². The van der Waals surface area contributed by atoms with Crippen LogP contribution in [0.15, 0.2) is 36.4 Å². The Morgan fingerprint density at radius 1 is 1.18 bits per heavy atom. The first-order valence-corrected chi connectivity index (χ1v) is 12.3. The van der Waals surface area contributed by atoms with Gasteiger partial charge < -0.3 is 10.1 Å². The second-order valence-corrected chi connectivity index (χ2v) is 13.3. The van der Waals surface area contributed by atoms with Gasteiger partial charge in [0.15, 0.2) is 0 Å². The number of fused-ring (bicyclic) bond motifs is 1. The summed E-state index contributed by atoms with van der Waals surface area (Å²) in [4.78, 5) is 29.1. The number of carbonyl (C=O) groups excluding carboxylic acids is 2. The molecule has 0 saturated heterocycles. The Hall–Kier alpha value is -2.65. The molecule has 0 aliphatic heterocycles. The maximum atomic E-state index is 12.6. The van der Waals surface area contributed by atoms with Crippen molar-refractivity contribution in [2.24, 2.45) is 0 Å². The molecule has 1 heterocycles. The zero-order valence-corrected chi connectivity index (χ0v) is 18.4. The number of pyridine rings is 1. The smallest absolute Gasteiger partial charge is 0.329 e. The SMILES string of the molecule is COC(=O)[C@@H](CC#C[Si](C)(C)C(C)(C)C)NC(=O)c1ccc2ccccc2n1. The molecule has 0 fully saturated rings. The van der Waals surface area contributed by atoms with E-state index in [-0.39, 0.29) is 17.2 Å². The summed E-state index contributed by atoms with van der Waals surface area (Å²) in [5, 5.41) is 3.78. The lowest BCUT2D eigenvalue weighted by Crippen LogP contribution is -2.42. The third kappa shape index (κ3) is 5.20. The summed E-state index contributed by atoms with van der Waals surface area (Å²) >= 11 is 0. The van der Waals surface area contributed by atoms with Gasteiger partial charge in [-0.1, -0.05) is 58.1 Å². The molecule has 28 heavy (non-hydrogen) atoms. The lowest BCUT2D eigenvalue weighted by atomic mass is 10.2. The highest BCUT2D eigenvalue weighted by atomic mass is 28.3. The lowest BCUT2D eigenvalue weighted by molar-refractivity contribution is -0.142. The summed E-state index contributed by atoms with van der Waals surface area (Å²) in [5.41, 5.74) is 4.34. The summed E-state index contributed by atoms with van der Waals surface area (Å²) in [6.07, 6.45) is 0.207. The number of hydrogen-bond donors (Lipinski definition) is 1. The number of hydrogen-bond acceptors (Lipinski definition) is 4. The van der Waals surface area contributed by atoms with Crippen molar-refractivity contribution < 1.29 is 14.3 Å². The highest BCUT2D eigenvalue weighted by molar-refractivity contribution is 6.87. The molecule has 0 aliphatic rings. The van der Waals surface area contributed by atoms with Crippen LogP contribution in [0.1, 0.15) is 37.7 Å². The molecule has 148 valence electrons. The number of ether oxygens (including phenoxy) is 1. The number of nitrogens with one attached hydrogen (secondary N) is 1. The van der Waals surface area contributed by atoms with Crippen LogP contribution >= 0.6 is 0 Å². The van der Waals surface area contributed by atoms with Gasteiger partial charge in [-0.2, -0.15) is 0 Å². The lowest BCUT2D eigenvalue weighted by Gasteiger charge is -2.31. The second-order valence-electron chi connectivity index (χ2n) is 8.32. The van der Waals surface area contributed by atoms with Gasteiger partial charge in [0.05, 0.1) is 12.6 Å². The van der Waals surface area contributed by atoms with E-state index in [0.717, 1.165) is 10.9 Å². The van der Waals surface area contributed by atoms with Crippen LogP contribution in [0.5, 0.6) is 0 Å². The van der Waals surface area contributed by atoms with Gasteiger partial charge in [-0.25, -0.2) is 9.78 Å². The number of esters is 1. The van der Waals surface area contributed by atoms with Crippen molar-refractivity contribution in [2.45, 2.75) is 51.4 Å². The number of para-hydroxylation sites is 1. The maximum absolute atomic E-state index is 12.6. The van der Waals surface area contributed by atoms with E-state index in [4.69, 9.17) is 4.74 Å². The van der Waals surface area contributed by atoms with Crippen molar-refractivity contribution in [1.82, 2.24) is 10.3 Å². The maximum Gasteiger partial charge on any atom is 0.329 e. The Kier molecular flexibility index (Phi) is 6.63. The van der Waals surface area contributed by atoms with Gasteiger partial charge in [-0.05, 0) is 17.2 Å². The number of benzene rings is 1. The molecule has 1 atom stereocenters. The highest BCUT2D eigenvalue weighted by Gasteiger charge is 2.33. The molecule has 1 N–H and O–H groups in total. The molecule has 6 heteroatoms. The van der Waals surface area contributed by atoms with Crippen LogP contribution in [0.25, 0.3) is 10.9 Å². The Morgan fingerprint density at radius 2 is 1.86 bits per heavy atom. The predicted molar refractivity (Wildman–Crippen MR) is 115 cm³/mol. The number of rotatable bonds is 4. The monoisotopic (exact) mass is 396 g/mol. The van der Waals surface area contributed by atoms with Crippen LogP contribution in [-0.2, 0) is 9.53 Å². The van der Waals surface area contributed by atoms with Crippen molar-refractivity contribution in [1.29, 1.82) is 0 Å². The molecule has 0 saturated carbocycles. The van der Waals surface area contributed by atoms with Crippen LogP contribution < -0.4 is 5.32 Å². The minimum atomic E-state index is -1.79. The van der Waals surface area contributed by atoms with E-state index >= 15 is 0 Å². The van der Waals surface area contributed by atoms with Gasteiger partial charge in [0.25, 0.3) is 5.91 Å². The molecule has 5 nitrogen and oxygen atoms in total. The molecule has 0 bridgehead atoms. The number of carbonyl (C=O) groups is 2. The van der Waals surface area contributed by atoms with E-state index in [0.29, 0.717) is 0 Å². The molecular formula is C22H28N2O3Si. The largest absolute Gasteiger partial charge is 0.467 e. The molecule has 0 aliphatic carbocycles. The van der Waals surface area contributed by atoms with Crippen LogP contribution in [0.3, 0.4) is 0 Å². The van der Waals surface area contributed by atoms with E-state index in [2.05, 4.69) is 55.6 Å². The second kappa shape index (κ2) is 8.57. The fraction of sp³-hybridized carbons (Fsp3) is 0.409. The Balaban J connectivity index is 2.17. The predicted octanol–water partition coefficient (Wildman–Crippen LogP) is 3.95. The van der Waals surface area contributed by atoms with Crippen LogP contribution in [0, 0.1) is 11.5 Å². The van der Waals surface area contributed by atoms with Gasteiger partial charge in [0, 0.05) is 11.8 Å². The van der Waals surface area contributed by atoms with Crippen molar-refractivity contribution in [3.63, 3.8) is 0 Å². The average Bonchev–Trinajstić information content (AvgIpc) is 2.65. The Labute approximate surface area is 167 Å². The molecule has 0 radical (unpaired) electrons. The first kappa shape index (κ1) is 21.6. The number of nitrogens with zero attached hydrogens (tertiary/aromatic N) is 1. The molecular weight excluding hydrogens is 368 g/mol. The summed E-state index contributed by atoms with van der Waals surface area (Å²) < 4.78 is 4.84. The zero-order valence-electron chi connectivity index (χ0n) is 17.4. The van der Waals surface area contributed by atoms with E-state index in [9.17, 15) is 9.59 Å². The number of aromatic nitrogens is 1. The van der Waals surface area contributed by atoms with Crippen molar-refractivity contribution in [3.8, 4) is 11.5 Å². The highest BCUT2D eigenvalue weighted by Crippen LogP contribution is 2.35. The Bertz CT molecular complexity index is 936. The first-order chi connectivity index (χ1) is 13.0. The van der Waals surface area contributed by atoms with E-state index in [1.54, 1.807) is 6.07 Å². The summed E-state index contributed by atoms with van der Waals surface area (Å²) in [7, 11) is -0.487. The topological polar surface area (TPSA) is 68.3 Å². The minimum Gasteiger partial charge on any atom is -0.467 e. The number of methoxy groups -OCH3 is 1. The van der Waals surface area contributed by atoms with Gasteiger partial charge in [0.1, 0.15) is 19.8 Å². The van der Waals surface area contributed by atoms with Crippen LogP contribution in [0.4, 0.5) is 0 Å². The van der Waals surface area contributed by atoms with Crippen LogP contribution in [-0.4, -0.2) is 38.1 Å². The van der Waals surface area contributed by atoms with Crippen molar-refractivity contribution >= 4 is 30.9 Å². The van der Waals surface area contributed by atoms with Crippen LogP contribution in [0.2, 0.25) is 18.1 Å². The van der Waals surface area contributed by atoms with Crippen molar-refractivity contribution in [3.05, 3.63) is 42.1 Å². The fourth-order valence-electron chi connectivity index (χ4n) is 2.32. The van der Waals surface area contributed by atoms with E-state index < -0.39 is 26.0 Å². The average molecular weight is 397 g/mol. The third-order valence-corrected chi connectivity index (χ3v) is 9.76. The Morgan fingerprint density at radius 3 is 2.50 bits per heavy atom. The standard InChI is InChI=1S/C22H28N2O3Si/c1-22(2,3)28(5,6)15-9-12-19(21(26)27-4)24-20(25)18-14-13-16-10-7-8-11-17(16)23-18/h7-8,10-11,13-14,19H,12H2,1-6H3,(H,24,25)/t19-/m1/s1. The quantitative estimate of drug-likeness (QED) is 0.483. The molecule has 1 aromatic carbocycles. The first-order valence-electron chi connectivity index (χ1n) is 9.30. The van der Waals surface area contributed by atoms with Crippen molar-refractivity contribution in [2.75, 3.05) is 7.11 Å². The normalized spacial score (nSPS) is 12.6. The molecule has 1 amide bonds. The summed E-state index contributed by atoms with van der Waals surface area (Å²) in [6, 6.07) is 10.2. The van der Waals surface area contributed by atoms with Gasteiger partial charge >= 0.3 is 5.97 Å². The van der Waals surface area contributed by atoms with E-state index in [1.165, 1.54) is 7.11 Å². The van der Waals surface area contributed by atoms with Gasteiger partial charge in [-0.3, -0.25) is 4.79 Å². The molecule has 2 rings (SSSR count). The molecule has 0 spiro atoms. The van der Waals surface area contributed by atoms with E-state index in [1.807, 2.05) is 30.3 Å². The molecule has 2 aromatic rings. The minimum absolute atomic E-state index is 0.124. The molecule has 0 unspecified atom stereocenters. The third-order valence-electron chi connectivity index (χ3n) is 5.20. The summed E-state index contributed by atoms with van der Waals surface area (Å²) in [6.45, 7) is 10.9.